The lowest BCUT2D eigenvalue weighted by molar-refractivity contribution is -0.131. The van der Waals surface area contributed by atoms with Gasteiger partial charge in [-0.05, 0) is 41.2 Å². The Balaban J connectivity index is 1.60. The molecule has 1 heterocycles. The number of ether oxygens (including phenoxy) is 1. The van der Waals surface area contributed by atoms with Gasteiger partial charge in [0, 0.05) is 13.1 Å². The van der Waals surface area contributed by atoms with Gasteiger partial charge in [0.25, 0.3) is 0 Å². The van der Waals surface area contributed by atoms with E-state index in [9.17, 15) is 9.59 Å². The second kappa shape index (κ2) is 10.3. The van der Waals surface area contributed by atoms with E-state index in [2.05, 4.69) is 28.1 Å². The molecule has 0 saturated carbocycles. The molecule has 6 nitrogen and oxygen atoms in total. The van der Waals surface area contributed by atoms with Gasteiger partial charge in [-0.25, -0.2) is 0 Å². The highest BCUT2D eigenvalue weighted by Gasteiger charge is 2.30. The Labute approximate surface area is 178 Å². The number of fused-ring (bicyclic) bond motifs is 1. The molecule has 0 bridgehead atoms. The van der Waals surface area contributed by atoms with Gasteiger partial charge in [-0.15, -0.1) is 0 Å². The Morgan fingerprint density at radius 2 is 1.83 bits per heavy atom. The highest BCUT2D eigenvalue weighted by atomic mass is 16.5. The molecule has 0 fully saturated rings. The number of nitrogens with one attached hydrogen (secondary N) is 3. The lowest BCUT2D eigenvalue weighted by atomic mass is 9.94. The molecule has 0 saturated heterocycles. The molecule has 1 aliphatic heterocycles. The maximum Gasteiger partial charge on any atom is 0.243 e. The van der Waals surface area contributed by atoms with Crippen LogP contribution in [-0.2, 0) is 29.1 Å². The van der Waals surface area contributed by atoms with Crippen molar-refractivity contribution < 1.29 is 14.3 Å². The van der Waals surface area contributed by atoms with Crippen molar-refractivity contribution in [1.82, 2.24) is 16.0 Å². The van der Waals surface area contributed by atoms with Crippen molar-refractivity contribution in [2.75, 3.05) is 7.11 Å². The molecule has 2 aromatic carbocycles. The summed E-state index contributed by atoms with van der Waals surface area (Å²) < 4.78 is 5.16. The molecule has 0 spiro atoms. The minimum atomic E-state index is -0.570. The van der Waals surface area contributed by atoms with Gasteiger partial charge in [0.15, 0.2) is 0 Å². The number of benzene rings is 2. The first-order valence-electron chi connectivity index (χ1n) is 10.5. The van der Waals surface area contributed by atoms with Gasteiger partial charge in [-0.2, -0.15) is 0 Å². The van der Waals surface area contributed by atoms with Crippen molar-refractivity contribution in [3.05, 3.63) is 65.2 Å². The quantitative estimate of drug-likeness (QED) is 0.626. The zero-order valence-electron chi connectivity index (χ0n) is 17.9. The fourth-order valence-electron chi connectivity index (χ4n) is 3.64. The highest BCUT2D eigenvalue weighted by molar-refractivity contribution is 5.90. The molecular weight excluding hydrogens is 378 g/mol. The predicted molar refractivity (Wildman–Crippen MR) is 117 cm³/mol. The summed E-state index contributed by atoms with van der Waals surface area (Å²) >= 11 is 0. The van der Waals surface area contributed by atoms with E-state index < -0.39 is 6.04 Å². The Morgan fingerprint density at radius 3 is 2.50 bits per heavy atom. The van der Waals surface area contributed by atoms with Crippen LogP contribution in [0.2, 0.25) is 0 Å². The number of methoxy groups -OCH3 is 1. The molecular formula is C24H31N3O3. The zero-order valence-corrected chi connectivity index (χ0v) is 17.9. The largest absolute Gasteiger partial charge is 0.497 e. The van der Waals surface area contributed by atoms with E-state index in [1.54, 1.807) is 7.11 Å². The van der Waals surface area contributed by atoms with Crippen molar-refractivity contribution in [3.63, 3.8) is 0 Å². The van der Waals surface area contributed by atoms with E-state index in [0.717, 1.165) is 17.7 Å². The maximum absolute atomic E-state index is 12.9. The molecule has 0 aliphatic carbocycles. The first kappa shape index (κ1) is 21.8. The number of carbonyl (C=O) groups excluding carboxylic acids is 2. The van der Waals surface area contributed by atoms with Crippen LogP contribution in [0.4, 0.5) is 0 Å². The highest BCUT2D eigenvalue weighted by Crippen LogP contribution is 2.17. The summed E-state index contributed by atoms with van der Waals surface area (Å²) in [6.07, 6.45) is 1.42. The summed E-state index contributed by atoms with van der Waals surface area (Å²) in [5, 5.41) is 9.24. The van der Waals surface area contributed by atoms with Crippen LogP contribution >= 0.6 is 0 Å². The van der Waals surface area contributed by atoms with E-state index in [1.165, 1.54) is 11.1 Å². The summed E-state index contributed by atoms with van der Waals surface area (Å²) in [5.41, 5.74) is 3.38. The van der Waals surface area contributed by atoms with Gasteiger partial charge in [0.2, 0.25) is 11.8 Å². The van der Waals surface area contributed by atoms with Gasteiger partial charge < -0.3 is 20.7 Å². The first-order valence-corrected chi connectivity index (χ1v) is 10.5. The van der Waals surface area contributed by atoms with Crippen molar-refractivity contribution in [1.29, 1.82) is 0 Å². The summed E-state index contributed by atoms with van der Waals surface area (Å²) in [5.74, 6) is 0.510. The van der Waals surface area contributed by atoms with Gasteiger partial charge in [0.05, 0.1) is 13.2 Å². The third-order valence-electron chi connectivity index (χ3n) is 5.82. The van der Waals surface area contributed by atoms with Gasteiger partial charge in [-0.3, -0.25) is 9.59 Å². The Hall–Kier alpha value is -2.86. The summed E-state index contributed by atoms with van der Waals surface area (Å²) in [7, 11) is 1.62. The van der Waals surface area contributed by atoms with Crippen LogP contribution < -0.4 is 20.7 Å². The minimum absolute atomic E-state index is 0.0284. The van der Waals surface area contributed by atoms with Gasteiger partial charge in [0.1, 0.15) is 11.8 Å². The number of hydrogen-bond donors (Lipinski definition) is 3. The van der Waals surface area contributed by atoms with Crippen LogP contribution in [0, 0.1) is 5.92 Å². The van der Waals surface area contributed by atoms with Crippen molar-refractivity contribution in [2.45, 2.75) is 51.9 Å². The van der Waals surface area contributed by atoms with E-state index in [0.29, 0.717) is 19.5 Å². The third-order valence-corrected chi connectivity index (χ3v) is 5.82. The Morgan fingerprint density at radius 1 is 1.13 bits per heavy atom. The normalized spacial score (nSPS) is 17.4. The fourth-order valence-corrected chi connectivity index (χ4v) is 3.64. The molecule has 1 aliphatic rings. The molecule has 0 unspecified atom stereocenters. The molecule has 3 N–H and O–H groups in total. The standard InChI is InChI=1S/C24H31N3O3/c1-4-16(2)22(24(29)26-14-17-9-11-20(30-3)12-10-17)27-23(28)21-13-18-7-5-6-8-19(18)15-25-21/h5-12,16,21-22,25H,4,13-15H2,1-3H3,(H,26,29)(H,27,28)/t16-,21+,22+/m1/s1. The second-order valence-corrected chi connectivity index (χ2v) is 7.84. The summed E-state index contributed by atoms with van der Waals surface area (Å²) in [4.78, 5) is 25.8. The minimum Gasteiger partial charge on any atom is -0.497 e. The molecule has 30 heavy (non-hydrogen) atoms. The SMILES string of the molecule is CC[C@@H](C)[C@H](NC(=O)[C@@H]1Cc2ccccc2CN1)C(=O)NCc1ccc(OC)cc1. The lowest BCUT2D eigenvalue weighted by Gasteiger charge is -2.29. The molecule has 2 aromatic rings. The number of amides is 2. The lowest BCUT2D eigenvalue weighted by Crippen LogP contribution is -2.56. The molecule has 6 heteroatoms. The van der Waals surface area contributed by atoms with E-state index in [4.69, 9.17) is 4.74 Å². The molecule has 3 rings (SSSR count). The first-order chi connectivity index (χ1) is 14.5. The zero-order chi connectivity index (χ0) is 21.5. The maximum atomic E-state index is 12.9. The smallest absolute Gasteiger partial charge is 0.243 e. The van der Waals surface area contributed by atoms with Gasteiger partial charge in [-0.1, -0.05) is 56.7 Å². The van der Waals surface area contributed by atoms with E-state index in [1.807, 2.05) is 50.2 Å². The molecule has 0 radical (unpaired) electrons. The fraction of sp³-hybridized carbons (Fsp3) is 0.417. The Bertz CT molecular complexity index is 866. The van der Waals surface area contributed by atoms with Crippen molar-refractivity contribution in [3.8, 4) is 5.75 Å². The third kappa shape index (κ3) is 5.39. The molecule has 2 amide bonds. The summed E-state index contributed by atoms with van der Waals surface area (Å²) in [6.45, 7) is 5.07. The van der Waals surface area contributed by atoms with Crippen LogP contribution in [0.5, 0.6) is 5.75 Å². The molecule has 3 atom stereocenters. The Kier molecular flexibility index (Phi) is 7.46. The van der Waals surface area contributed by atoms with Crippen LogP contribution in [0.3, 0.4) is 0 Å². The van der Waals surface area contributed by atoms with Crippen LogP contribution in [-0.4, -0.2) is 31.0 Å². The molecule has 0 aromatic heterocycles. The summed E-state index contributed by atoms with van der Waals surface area (Å²) in [6, 6.07) is 14.8. The average Bonchev–Trinajstić information content (AvgIpc) is 2.80. The van der Waals surface area contributed by atoms with Crippen LogP contribution in [0.15, 0.2) is 48.5 Å². The second-order valence-electron chi connectivity index (χ2n) is 7.84. The number of hydrogen-bond acceptors (Lipinski definition) is 4. The topological polar surface area (TPSA) is 79.5 Å². The van der Waals surface area contributed by atoms with Crippen molar-refractivity contribution in [2.24, 2.45) is 5.92 Å². The molecule has 160 valence electrons. The van der Waals surface area contributed by atoms with E-state index in [-0.39, 0.29) is 23.8 Å². The monoisotopic (exact) mass is 409 g/mol. The van der Waals surface area contributed by atoms with E-state index >= 15 is 0 Å². The average molecular weight is 410 g/mol. The van der Waals surface area contributed by atoms with Gasteiger partial charge >= 0.3 is 0 Å². The number of carbonyl (C=O) groups is 2. The van der Waals surface area contributed by atoms with Crippen molar-refractivity contribution >= 4 is 11.8 Å². The predicted octanol–water partition coefficient (Wildman–Crippen LogP) is 2.56. The number of rotatable bonds is 8. The van der Waals surface area contributed by atoms with Crippen LogP contribution in [0.25, 0.3) is 0 Å². The van der Waals surface area contributed by atoms with Crippen LogP contribution in [0.1, 0.15) is 37.0 Å².